The summed E-state index contributed by atoms with van der Waals surface area (Å²) in [5.74, 6) is 0.949. The molecule has 1 saturated heterocycles. The fourth-order valence-corrected chi connectivity index (χ4v) is 2.48. The van der Waals surface area contributed by atoms with Crippen LogP contribution >= 0.6 is 0 Å². The molecule has 0 saturated carbocycles. The number of nitriles is 1. The van der Waals surface area contributed by atoms with Gasteiger partial charge < -0.3 is 4.90 Å². The molecule has 0 unspecified atom stereocenters. The summed E-state index contributed by atoms with van der Waals surface area (Å²) in [4.78, 5) is 6.60. The van der Waals surface area contributed by atoms with Crippen molar-refractivity contribution < 1.29 is 4.39 Å². The number of aromatic nitrogens is 1. The number of hydrogen-bond donors (Lipinski definition) is 0. The van der Waals surface area contributed by atoms with Gasteiger partial charge in [0, 0.05) is 18.8 Å². The molecular formula is C14H18FN3. The predicted octanol–water partition coefficient (Wildman–Crippen LogP) is 2.76. The number of anilines is 1. The smallest absolute Gasteiger partial charge is 0.147 e. The highest BCUT2D eigenvalue weighted by Gasteiger charge is 2.22. The van der Waals surface area contributed by atoms with E-state index in [0.29, 0.717) is 5.56 Å². The Morgan fingerprint density at radius 2 is 2.11 bits per heavy atom. The van der Waals surface area contributed by atoms with Crippen LogP contribution in [0, 0.1) is 31.1 Å². The molecule has 3 nitrogen and oxygen atoms in total. The van der Waals surface area contributed by atoms with Crippen molar-refractivity contribution in [2.45, 2.75) is 26.7 Å². The number of piperidine rings is 1. The molecule has 1 aliphatic heterocycles. The van der Waals surface area contributed by atoms with E-state index < -0.39 is 0 Å². The molecule has 0 amide bonds. The molecule has 0 N–H and O–H groups in total. The quantitative estimate of drug-likeness (QED) is 0.806. The second-order valence-electron chi connectivity index (χ2n) is 4.98. The minimum atomic E-state index is -0.237. The first kappa shape index (κ1) is 12.8. The molecular weight excluding hydrogens is 229 g/mol. The van der Waals surface area contributed by atoms with Crippen molar-refractivity contribution in [1.82, 2.24) is 4.98 Å². The fourth-order valence-electron chi connectivity index (χ4n) is 2.48. The first-order chi connectivity index (χ1) is 8.65. The molecule has 0 atom stereocenters. The highest BCUT2D eigenvalue weighted by molar-refractivity contribution is 5.58. The van der Waals surface area contributed by atoms with Gasteiger partial charge in [-0.2, -0.15) is 5.26 Å². The van der Waals surface area contributed by atoms with Crippen LogP contribution in [0.3, 0.4) is 0 Å². The number of aryl methyl sites for hydroxylation is 2. The van der Waals surface area contributed by atoms with E-state index in [9.17, 15) is 9.65 Å². The van der Waals surface area contributed by atoms with Crippen LogP contribution in [-0.4, -0.2) is 24.7 Å². The maximum atomic E-state index is 12.6. The van der Waals surface area contributed by atoms with Gasteiger partial charge in [-0.25, -0.2) is 4.98 Å². The third-order valence-corrected chi connectivity index (χ3v) is 3.57. The van der Waals surface area contributed by atoms with Crippen LogP contribution in [0.25, 0.3) is 0 Å². The summed E-state index contributed by atoms with van der Waals surface area (Å²) < 4.78 is 12.6. The van der Waals surface area contributed by atoms with Gasteiger partial charge in [-0.3, -0.25) is 4.39 Å². The van der Waals surface area contributed by atoms with Crippen LogP contribution in [0.15, 0.2) is 6.07 Å². The molecule has 2 rings (SSSR count). The Hall–Kier alpha value is -1.63. The SMILES string of the molecule is Cc1cc(C)c(C#N)c(N2CCC(CF)CC2)n1. The Bertz CT molecular complexity index is 471. The standard InChI is InChI=1S/C14H18FN3/c1-10-7-11(2)17-14(13(10)9-16)18-5-3-12(8-15)4-6-18/h7,12H,3-6,8H2,1-2H3. The summed E-state index contributed by atoms with van der Waals surface area (Å²) in [5.41, 5.74) is 2.54. The first-order valence-electron chi connectivity index (χ1n) is 6.35. The van der Waals surface area contributed by atoms with Gasteiger partial charge in [0.2, 0.25) is 0 Å². The number of pyridine rings is 1. The summed E-state index contributed by atoms with van der Waals surface area (Å²) in [5, 5.41) is 9.24. The Morgan fingerprint density at radius 1 is 1.44 bits per heavy atom. The Morgan fingerprint density at radius 3 is 2.67 bits per heavy atom. The number of hydrogen-bond acceptors (Lipinski definition) is 3. The summed E-state index contributed by atoms with van der Waals surface area (Å²) in [7, 11) is 0. The third-order valence-electron chi connectivity index (χ3n) is 3.57. The first-order valence-corrected chi connectivity index (χ1v) is 6.35. The molecule has 4 heteroatoms. The fraction of sp³-hybridized carbons (Fsp3) is 0.571. The predicted molar refractivity (Wildman–Crippen MR) is 69.3 cm³/mol. The van der Waals surface area contributed by atoms with Crippen LogP contribution in [0.5, 0.6) is 0 Å². The van der Waals surface area contributed by atoms with Gasteiger partial charge in [0.05, 0.1) is 12.2 Å². The van der Waals surface area contributed by atoms with E-state index in [1.54, 1.807) is 0 Å². The molecule has 1 fully saturated rings. The Labute approximate surface area is 107 Å². The van der Waals surface area contributed by atoms with Gasteiger partial charge in [0.1, 0.15) is 11.9 Å². The molecule has 1 aromatic heterocycles. The van der Waals surface area contributed by atoms with Gasteiger partial charge >= 0.3 is 0 Å². The van der Waals surface area contributed by atoms with E-state index in [2.05, 4.69) is 16.0 Å². The lowest BCUT2D eigenvalue weighted by atomic mass is 9.98. The molecule has 1 aromatic rings. The average Bonchev–Trinajstić information content (AvgIpc) is 2.38. The van der Waals surface area contributed by atoms with E-state index in [1.165, 1.54) is 0 Å². The lowest BCUT2D eigenvalue weighted by Gasteiger charge is -2.32. The van der Waals surface area contributed by atoms with Crippen molar-refractivity contribution in [3.63, 3.8) is 0 Å². The minimum Gasteiger partial charge on any atom is -0.355 e. The van der Waals surface area contributed by atoms with E-state index in [-0.39, 0.29) is 12.6 Å². The van der Waals surface area contributed by atoms with E-state index in [1.807, 2.05) is 19.9 Å². The maximum absolute atomic E-state index is 12.6. The molecule has 96 valence electrons. The largest absolute Gasteiger partial charge is 0.355 e. The van der Waals surface area contributed by atoms with Crippen LogP contribution in [0.1, 0.15) is 29.7 Å². The van der Waals surface area contributed by atoms with E-state index in [4.69, 9.17) is 0 Å². The van der Waals surface area contributed by atoms with Crippen molar-refractivity contribution in [2.24, 2.45) is 5.92 Å². The molecule has 0 aliphatic carbocycles. The van der Waals surface area contributed by atoms with Crippen LogP contribution in [0.2, 0.25) is 0 Å². The van der Waals surface area contributed by atoms with Crippen LogP contribution in [-0.2, 0) is 0 Å². The van der Waals surface area contributed by atoms with Crippen LogP contribution in [0.4, 0.5) is 10.2 Å². The van der Waals surface area contributed by atoms with Gasteiger partial charge in [-0.05, 0) is 44.2 Å². The van der Waals surface area contributed by atoms with Crippen molar-refractivity contribution in [3.05, 3.63) is 22.9 Å². The van der Waals surface area contributed by atoms with Crippen LogP contribution < -0.4 is 4.90 Å². The van der Waals surface area contributed by atoms with Gasteiger partial charge in [-0.15, -0.1) is 0 Å². The molecule has 0 bridgehead atoms. The lowest BCUT2D eigenvalue weighted by molar-refractivity contribution is 0.307. The molecule has 2 heterocycles. The zero-order valence-corrected chi connectivity index (χ0v) is 10.9. The molecule has 0 aromatic carbocycles. The van der Waals surface area contributed by atoms with E-state index in [0.717, 1.165) is 43.0 Å². The number of rotatable bonds is 2. The van der Waals surface area contributed by atoms with Crippen molar-refractivity contribution >= 4 is 5.82 Å². The monoisotopic (exact) mass is 247 g/mol. The molecule has 1 aliphatic rings. The third kappa shape index (κ3) is 2.45. The highest BCUT2D eigenvalue weighted by Crippen LogP contribution is 2.26. The Balaban J connectivity index is 2.26. The number of alkyl halides is 1. The highest BCUT2D eigenvalue weighted by atomic mass is 19.1. The Kier molecular flexibility index (Phi) is 3.81. The van der Waals surface area contributed by atoms with E-state index >= 15 is 0 Å². The summed E-state index contributed by atoms with van der Waals surface area (Å²) in [6.07, 6.45) is 1.69. The number of nitrogens with zero attached hydrogens (tertiary/aromatic N) is 3. The summed E-state index contributed by atoms with van der Waals surface area (Å²) in [6.45, 7) is 5.22. The van der Waals surface area contributed by atoms with Crippen molar-refractivity contribution in [2.75, 3.05) is 24.7 Å². The molecule has 18 heavy (non-hydrogen) atoms. The number of halogens is 1. The average molecular weight is 247 g/mol. The zero-order valence-electron chi connectivity index (χ0n) is 10.9. The molecule has 0 radical (unpaired) electrons. The topological polar surface area (TPSA) is 39.9 Å². The normalized spacial score (nSPS) is 16.7. The second-order valence-corrected chi connectivity index (χ2v) is 4.98. The molecule has 0 spiro atoms. The summed E-state index contributed by atoms with van der Waals surface area (Å²) in [6, 6.07) is 4.16. The van der Waals surface area contributed by atoms with Crippen molar-refractivity contribution in [1.29, 1.82) is 5.26 Å². The van der Waals surface area contributed by atoms with Gasteiger partial charge in [-0.1, -0.05) is 0 Å². The second kappa shape index (κ2) is 5.34. The zero-order chi connectivity index (χ0) is 13.1. The van der Waals surface area contributed by atoms with Gasteiger partial charge in [0.15, 0.2) is 0 Å². The maximum Gasteiger partial charge on any atom is 0.147 e. The summed E-state index contributed by atoms with van der Waals surface area (Å²) >= 11 is 0. The lowest BCUT2D eigenvalue weighted by Crippen LogP contribution is -2.35. The minimum absolute atomic E-state index is 0.178. The van der Waals surface area contributed by atoms with Crippen molar-refractivity contribution in [3.8, 4) is 6.07 Å². The van der Waals surface area contributed by atoms with Gasteiger partial charge in [0.25, 0.3) is 0 Å².